The van der Waals surface area contributed by atoms with Gasteiger partial charge < -0.3 is 19.8 Å². The van der Waals surface area contributed by atoms with Gasteiger partial charge in [0.25, 0.3) is 5.91 Å². The highest BCUT2D eigenvalue weighted by Gasteiger charge is 2.36. The highest BCUT2D eigenvalue weighted by atomic mass is 16.5. The van der Waals surface area contributed by atoms with Gasteiger partial charge in [0.1, 0.15) is 12.4 Å². The van der Waals surface area contributed by atoms with Crippen LogP contribution in [0.1, 0.15) is 36.6 Å². The van der Waals surface area contributed by atoms with Crippen LogP contribution >= 0.6 is 0 Å². The quantitative estimate of drug-likeness (QED) is 0.902. The summed E-state index contributed by atoms with van der Waals surface area (Å²) >= 11 is 0. The zero-order valence-corrected chi connectivity index (χ0v) is 11.8. The lowest BCUT2D eigenvalue weighted by Crippen LogP contribution is -2.53. The minimum atomic E-state index is -0.0673. The number of carbonyl (C=O) groups excluding carboxylic acids is 1. The molecule has 5 heteroatoms. The molecule has 106 valence electrons. The first kappa shape index (κ1) is 14.1. The molecule has 1 aromatic heterocycles. The van der Waals surface area contributed by atoms with Crippen LogP contribution in [0.5, 0.6) is 0 Å². The molecule has 2 heterocycles. The van der Waals surface area contributed by atoms with Crippen molar-refractivity contribution < 1.29 is 13.9 Å². The summed E-state index contributed by atoms with van der Waals surface area (Å²) in [6, 6.07) is 3.62. The van der Waals surface area contributed by atoms with Gasteiger partial charge in [-0.3, -0.25) is 4.79 Å². The SMILES string of the molecule is COCc1ccc(C(=O)N2CCC(N)C(C)(C)C2)o1. The van der Waals surface area contributed by atoms with Gasteiger partial charge in [-0.1, -0.05) is 13.8 Å². The number of nitrogens with two attached hydrogens (primary N) is 1. The lowest BCUT2D eigenvalue weighted by Gasteiger charge is -2.42. The van der Waals surface area contributed by atoms with Gasteiger partial charge in [0.05, 0.1) is 0 Å². The molecule has 0 bridgehead atoms. The predicted molar refractivity (Wildman–Crippen MR) is 71.7 cm³/mol. The van der Waals surface area contributed by atoms with Crippen molar-refractivity contribution in [3.63, 3.8) is 0 Å². The number of nitrogens with zero attached hydrogens (tertiary/aromatic N) is 1. The molecule has 0 radical (unpaired) electrons. The molecule has 1 unspecified atom stereocenters. The molecule has 1 atom stereocenters. The van der Waals surface area contributed by atoms with E-state index in [1.807, 2.05) is 4.90 Å². The van der Waals surface area contributed by atoms with E-state index in [4.69, 9.17) is 14.9 Å². The Kier molecular flexibility index (Phi) is 3.96. The van der Waals surface area contributed by atoms with Crippen molar-refractivity contribution in [1.82, 2.24) is 4.90 Å². The molecule has 0 aliphatic carbocycles. The summed E-state index contributed by atoms with van der Waals surface area (Å²) in [6.07, 6.45) is 0.824. The first-order valence-corrected chi connectivity index (χ1v) is 6.56. The highest BCUT2D eigenvalue weighted by Crippen LogP contribution is 2.28. The first-order valence-electron chi connectivity index (χ1n) is 6.56. The van der Waals surface area contributed by atoms with Gasteiger partial charge in [0, 0.05) is 26.2 Å². The van der Waals surface area contributed by atoms with Gasteiger partial charge in [-0.05, 0) is 24.0 Å². The van der Waals surface area contributed by atoms with E-state index in [-0.39, 0.29) is 17.4 Å². The topological polar surface area (TPSA) is 68.7 Å². The zero-order chi connectivity index (χ0) is 14.0. The number of rotatable bonds is 3. The monoisotopic (exact) mass is 266 g/mol. The summed E-state index contributed by atoms with van der Waals surface area (Å²) in [6.45, 7) is 5.91. The number of furan rings is 1. The van der Waals surface area contributed by atoms with Crippen molar-refractivity contribution in [2.45, 2.75) is 32.9 Å². The molecule has 1 aromatic rings. The minimum Gasteiger partial charge on any atom is -0.453 e. The molecule has 1 amide bonds. The minimum absolute atomic E-state index is 0.0597. The molecule has 0 aromatic carbocycles. The number of amides is 1. The van der Waals surface area contributed by atoms with E-state index in [1.54, 1.807) is 19.2 Å². The summed E-state index contributed by atoms with van der Waals surface area (Å²) in [5, 5.41) is 0. The Bertz CT molecular complexity index is 453. The summed E-state index contributed by atoms with van der Waals surface area (Å²) in [5.41, 5.74) is 6.02. The molecular formula is C14H22N2O3. The Morgan fingerprint density at radius 3 is 2.95 bits per heavy atom. The fraction of sp³-hybridized carbons (Fsp3) is 0.643. The van der Waals surface area contributed by atoms with Crippen LogP contribution in [-0.2, 0) is 11.3 Å². The molecule has 2 rings (SSSR count). The van der Waals surface area contributed by atoms with Gasteiger partial charge >= 0.3 is 0 Å². The average molecular weight is 266 g/mol. The standard InChI is InChI=1S/C14H22N2O3/c1-14(2)9-16(7-6-12(14)15)13(17)11-5-4-10(19-11)8-18-3/h4-5,12H,6-9,15H2,1-3H3. The van der Waals surface area contributed by atoms with E-state index in [0.29, 0.717) is 31.2 Å². The molecule has 19 heavy (non-hydrogen) atoms. The van der Waals surface area contributed by atoms with Crippen LogP contribution in [0.2, 0.25) is 0 Å². The Balaban J connectivity index is 2.07. The van der Waals surface area contributed by atoms with Crippen LogP contribution in [0, 0.1) is 5.41 Å². The number of hydrogen-bond acceptors (Lipinski definition) is 4. The number of ether oxygens (including phenoxy) is 1. The number of likely N-dealkylation sites (tertiary alicyclic amines) is 1. The Morgan fingerprint density at radius 2 is 2.32 bits per heavy atom. The fourth-order valence-electron chi connectivity index (χ4n) is 2.42. The molecule has 1 fully saturated rings. The van der Waals surface area contributed by atoms with Gasteiger partial charge in [-0.25, -0.2) is 0 Å². The Morgan fingerprint density at radius 1 is 1.58 bits per heavy atom. The van der Waals surface area contributed by atoms with Crippen LogP contribution in [0.3, 0.4) is 0 Å². The maximum absolute atomic E-state index is 12.4. The van der Waals surface area contributed by atoms with Crippen LogP contribution in [0.25, 0.3) is 0 Å². The smallest absolute Gasteiger partial charge is 0.289 e. The summed E-state index contributed by atoms with van der Waals surface area (Å²) in [5.74, 6) is 0.972. The van der Waals surface area contributed by atoms with E-state index in [9.17, 15) is 4.79 Å². The van der Waals surface area contributed by atoms with Crippen LogP contribution in [-0.4, -0.2) is 37.0 Å². The van der Waals surface area contributed by atoms with Gasteiger partial charge in [0.15, 0.2) is 5.76 Å². The van der Waals surface area contributed by atoms with Gasteiger partial charge in [0.2, 0.25) is 0 Å². The third-order valence-electron chi connectivity index (χ3n) is 3.76. The van der Waals surface area contributed by atoms with Crippen molar-refractivity contribution in [2.24, 2.45) is 11.1 Å². The van der Waals surface area contributed by atoms with E-state index in [2.05, 4.69) is 13.8 Å². The first-order chi connectivity index (χ1) is 8.94. The van der Waals surface area contributed by atoms with Crippen molar-refractivity contribution in [1.29, 1.82) is 0 Å². The third kappa shape index (κ3) is 2.98. The second-order valence-electron chi connectivity index (χ2n) is 5.81. The number of methoxy groups -OCH3 is 1. The average Bonchev–Trinajstić information content (AvgIpc) is 2.81. The number of piperidine rings is 1. The maximum atomic E-state index is 12.4. The predicted octanol–water partition coefficient (Wildman–Crippen LogP) is 1.63. The number of carbonyl (C=O) groups is 1. The lowest BCUT2D eigenvalue weighted by atomic mass is 9.79. The number of hydrogen-bond donors (Lipinski definition) is 1. The van der Waals surface area contributed by atoms with Crippen LogP contribution in [0.15, 0.2) is 16.5 Å². The van der Waals surface area contributed by atoms with Crippen LogP contribution in [0.4, 0.5) is 0 Å². The van der Waals surface area contributed by atoms with Gasteiger partial charge in [-0.2, -0.15) is 0 Å². The molecule has 1 aliphatic heterocycles. The van der Waals surface area contributed by atoms with Crippen molar-refractivity contribution >= 4 is 5.91 Å². The lowest BCUT2D eigenvalue weighted by molar-refractivity contribution is 0.0498. The van der Waals surface area contributed by atoms with E-state index >= 15 is 0 Å². The van der Waals surface area contributed by atoms with Crippen LogP contribution < -0.4 is 5.73 Å². The third-order valence-corrected chi connectivity index (χ3v) is 3.76. The maximum Gasteiger partial charge on any atom is 0.289 e. The molecule has 1 aliphatic rings. The molecule has 2 N–H and O–H groups in total. The van der Waals surface area contributed by atoms with Crippen molar-refractivity contribution in [3.05, 3.63) is 23.7 Å². The summed E-state index contributed by atoms with van der Waals surface area (Å²) < 4.78 is 10.5. The van der Waals surface area contributed by atoms with Crippen molar-refractivity contribution in [3.8, 4) is 0 Å². The normalized spacial score (nSPS) is 22.5. The summed E-state index contributed by atoms with van der Waals surface area (Å²) in [4.78, 5) is 14.2. The van der Waals surface area contributed by atoms with E-state index in [1.165, 1.54) is 0 Å². The largest absolute Gasteiger partial charge is 0.453 e. The van der Waals surface area contributed by atoms with E-state index in [0.717, 1.165) is 6.42 Å². The Hall–Kier alpha value is -1.33. The van der Waals surface area contributed by atoms with Crippen molar-refractivity contribution in [2.75, 3.05) is 20.2 Å². The highest BCUT2D eigenvalue weighted by molar-refractivity contribution is 5.91. The Labute approximate surface area is 113 Å². The molecule has 0 spiro atoms. The molecule has 0 saturated carbocycles. The molecule has 5 nitrogen and oxygen atoms in total. The molecule has 1 saturated heterocycles. The van der Waals surface area contributed by atoms with E-state index < -0.39 is 0 Å². The van der Waals surface area contributed by atoms with Gasteiger partial charge in [-0.15, -0.1) is 0 Å². The summed E-state index contributed by atoms with van der Waals surface area (Å²) in [7, 11) is 1.60. The fourth-order valence-corrected chi connectivity index (χ4v) is 2.42. The molecular weight excluding hydrogens is 244 g/mol. The zero-order valence-electron chi connectivity index (χ0n) is 11.8. The second kappa shape index (κ2) is 5.35. The second-order valence-corrected chi connectivity index (χ2v) is 5.81.